The van der Waals surface area contributed by atoms with Crippen LogP contribution in [0, 0.1) is 11.8 Å². The third kappa shape index (κ3) is 4.33. The molecule has 0 aromatic carbocycles. The first kappa shape index (κ1) is 13.3. The van der Waals surface area contributed by atoms with Crippen LogP contribution in [-0.2, 0) is 0 Å². The van der Waals surface area contributed by atoms with Crippen LogP contribution in [-0.4, -0.2) is 41.5 Å². The minimum atomic E-state index is -0.124. The Morgan fingerprint density at radius 2 is 2.27 bits per heavy atom. The molecule has 0 aromatic rings. The molecular formula is C12H25NOS. The lowest BCUT2D eigenvalue weighted by molar-refractivity contribution is 0.0237. The van der Waals surface area contributed by atoms with Crippen molar-refractivity contribution >= 4 is 12.6 Å². The van der Waals surface area contributed by atoms with Gasteiger partial charge in [-0.1, -0.05) is 20.3 Å². The molecule has 0 aliphatic carbocycles. The highest BCUT2D eigenvalue weighted by Crippen LogP contribution is 2.19. The number of nitrogens with zero attached hydrogens (tertiary/aromatic N) is 1. The number of likely N-dealkylation sites (tertiary alicyclic amines) is 1. The molecule has 0 bridgehead atoms. The van der Waals surface area contributed by atoms with Gasteiger partial charge in [0.2, 0.25) is 0 Å². The van der Waals surface area contributed by atoms with Crippen LogP contribution >= 0.6 is 12.6 Å². The SMILES string of the molecule is CCCC(CS)CN1CCC(C)C(O)C1. The zero-order chi connectivity index (χ0) is 11.3. The standard InChI is InChI=1S/C12H25NOS/c1-3-4-11(9-15)7-13-6-5-10(2)12(14)8-13/h10-12,14-15H,3-9H2,1-2H3. The lowest BCUT2D eigenvalue weighted by atomic mass is 9.95. The van der Waals surface area contributed by atoms with Crippen molar-refractivity contribution in [1.82, 2.24) is 4.90 Å². The Kier molecular flexibility index (Phi) is 6.02. The zero-order valence-electron chi connectivity index (χ0n) is 10.0. The molecule has 0 amide bonds. The van der Waals surface area contributed by atoms with Gasteiger partial charge in [0, 0.05) is 13.1 Å². The predicted molar refractivity (Wildman–Crippen MR) is 68.5 cm³/mol. The molecule has 1 N–H and O–H groups in total. The number of hydrogen-bond acceptors (Lipinski definition) is 3. The van der Waals surface area contributed by atoms with Crippen molar-refractivity contribution in [2.24, 2.45) is 11.8 Å². The highest BCUT2D eigenvalue weighted by molar-refractivity contribution is 7.80. The number of thiol groups is 1. The monoisotopic (exact) mass is 231 g/mol. The van der Waals surface area contributed by atoms with Crippen molar-refractivity contribution in [2.75, 3.05) is 25.4 Å². The van der Waals surface area contributed by atoms with E-state index in [1.54, 1.807) is 0 Å². The molecule has 3 heteroatoms. The second kappa shape index (κ2) is 6.77. The summed E-state index contributed by atoms with van der Waals surface area (Å²) in [4.78, 5) is 2.40. The molecule has 3 atom stereocenters. The van der Waals surface area contributed by atoms with Gasteiger partial charge in [0.1, 0.15) is 0 Å². The molecule has 90 valence electrons. The van der Waals surface area contributed by atoms with Crippen LogP contribution in [0.25, 0.3) is 0 Å². The van der Waals surface area contributed by atoms with Crippen LogP contribution in [0.4, 0.5) is 0 Å². The van der Waals surface area contributed by atoms with E-state index in [2.05, 4.69) is 31.4 Å². The molecule has 1 rings (SSSR count). The number of rotatable bonds is 5. The Bertz CT molecular complexity index is 177. The molecular weight excluding hydrogens is 206 g/mol. The van der Waals surface area contributed by atoms with E-state index in [1.807, 2.05) is 0 Å². The largest absolute Gasteiger partial charge is 0.392 e. The van der Waals surface area contributed by atoms with Crippen LogP contribution in [0.5, 0.6) is 0 Å². The maximum atomic E-state index is 9.80. The minimum absolute atomic E-state index is 0.124. The molecule has 0 aromatic heterocycles. The van der Waals surface area contributed by atoms with Gasteiger partial charge in [-0.15, -0.1) is 0 Å². The molecule has 0 saturated carbocycles. The normalized spacial score (nSPS) is 30.4. The van der Waals surface area contributed by atoms with Crippen LogP contribution in [0.1, 0.15) is 33.1 Å². The summed E-state index contributed by atoms with van der Waals surface area (Å²) in [5.74, 6) is 2.14. The second-order valence-electron chi connectivity index (χ2n) is 4.93. The smallest absolute Gasteiger partial charge is 0.0693 e. The fourth-order valence-corrected chi connectivity index (χ4v) is 2.59. The predicted octanol–water partition coefficient (Wildman–Crippen LogP) is 2.04. The summed E-state index contributed by atoms with van der Waals surface area (Å²) in [5, 5.41) is 9.80. The van der Waals surface area contributed by atoms with Crippen molar-refractivity contribution in [2.45, 2.75) is 39.2 Å². The Hall–Kier alpha value is 0.270. The van der Waals surface area contributed by atoms with Crippen molar-refractivity contribution in [3.8, 4) is 0 Å². The highest BCUT2D eigenvalue weighted by Gasteiger charge is 2.25. The fourth-order valence-electron chi connectivity index (χ4n) is 2.29. The number of aliphatic hydroxyl groups excluding tert-OH is 1. The number of β-amino-alcohol motifs (C(OH)–C–C–N with tert-alkyl or cyclic N) is 1. The first-order valence-electron chi connectivity index (χ1n) is 6.18. The van der Waals surface area contributed by atoms with Crippen LogP contribution in [0.3, 0.4) is 0 Å². The lowest BCUT2D eigenvalue weighted by Gasteiger charge is -2.36. The third-order valence-corrected chi connectivity index (χ3v) is 3.99. The van der Waals surface area contributed by atoms with Gasteiger partial charge in [0.25, 0.3) is 0 Å². The summed E-state index contributed by atoms with van der Waals surface area (Å²) in [6.45, 7) is 7.48. The molecule has 0 radical (unpaired) electrons. The van der Waals surface area contributed by atoms with E-state index in [0.29, 0.717) is 11.8 Å². The number of piperidine rings is 1. The van der Waals surface area contributed by atoms with Crippen LogP contribution in [0.2, 0.25) is 0 Å². The van der Waals surface area contributed by atoms with Crippen LogP contribution < -0.4 is 0 Å². The third-order valence-electron chi connectivity index (χ3n) is 3.47. The Morgan fingerprint density at radius 1 is 1.53 bits per heavy atom. The van der Waals surface area contributed by atoms with Crippen molar-refractivity contribution < 1.29 is 5.11 Å². The second-order valence-corrected chi connectivity index (χ2v) is 5.30. The van der Waals surface area contributed by atoms with Crippen molar-refractivity contribution in [3.63, 3.8) is 0 Å². The summed E-state index contributed by atoms with van der Waals surface area (Å²) >= 11 is 4.40. The van der Waals surface area contributed by atoms with E-state index in [0.717, 1.165) is 31.8 Å². The van der Waals surface area contributed by atoms with Gasteiger partial charge in [-0.2, -0.15) is 12.6 Å². The van der Waals surface area contributed by atoms with E-state index in [1.165, 1.54) is 12.8 Å². The molecule has 1 fully saturated rings. The first-order chi connectivity index (χ1) is 7.17. The van der Waals surface area contributed by atoms with Crippen molar-refractivity contribution in [1.29, 1.82) is 0 Å². The highest BCUT2D eigenvalue weighted by atomic mass is 32.1. The molecule has 15 heavy (non-hydrogen) atoms. The Balaban J connectivity index is 2.31. The topological polar surface area (TPSA) is 23.5 Å². The first-order valence-corrected chi connectivity index (χ1v) is 6.81. The molecule has 1 heterocycles. The molecule has 0 spiro atoms. The minimum Gasteiger partial charge on any atom is -0.392 e. The van der Waals surface area contributed by atoms with E-state index in [-0.39, 0.29) is 6.10 Å². The number of hydrogen-bond donors (Lipinski definition) is 2. The molecule has 1 saturated heterocycles. The van der Waals surface area contributed by atoms with Crippen molar-refractivity contribution in [3.05, 3.63) is 0 Å². The van der Waals surface area contributed by atoms with E-state index in [9.17, 15) is 5.11 Å². The zero-order valence-corrected chi connectivity index (χ0v) is 10.9. The van der Waals surface area contributed by atoms with E-state index in [4.69, 9.17) is 0 Å². The van der Waals surface area contributed by atoms with Gasteiger partial charge in [-0.25, -0.2) is 0 Å². The van der Waals surface area contributed by atoms with E-state index >= 15 is 0 Å². The molecule has 1 aliphatic rings. The number of aliphatic hydroxyl groups is 1. The maximum Gasteiger partial charge on any atom is 0.0693 e. The van der Waals surface area contributed by atoms with Gasteiger partial charge in [0.15, 0.2) is 0 Å². The van der Waals surface area contributed by atoms with Gasteiger partial charge in [0.05, 0.1) is 6.10 Å². The summed E-state index contributed by atoms with van der Waals surface area (Å²) in [6.07, 6.45) is 3.50. The molecule has 3 unspecified atom stereocenters. The van der Waals surface area contributed by atoms with Gasteiger partial charge in [-0.05, 0) is 37.0 Å². The molecule has 1 aliphatic heterocycles. The molecule has 2 nitrogen and oxygen atoms in total. The van der Waals surface area contributed by atoms with Gasteiger partial charge < -0.3 is 10.0 Å². The summed E-state index contributed by atoms with van der Waals surface area (Å²) in [7, 11) is 0. The summed E-state index contributed by atoms with van der Waals surface area (Å²) in [6, 6.07) is 0. The van der Waals surface area contributed by atoms with E-state index < -0.39 is 0 Å². The Labute approximate surface area is 99.5 Å². The fraction of sp³-hybridized carbons (Fsp3) is 1.00. The lowest BCUT2D eigenvalue weighted by Crippen LogP contribution is -2.44. The average Bonchev–Trinajstić information content (AvgIpc) is 2.23. The maximum absolute atomic E-state index is 9.80. The van der Waals surface area contributed by atoms with Gasteiger partial charge >= 0.3 is 0 Å². The summed E-state index contributed by atoms with van der Waals surface area (Å²) in [5.41, 5.74) is 0. The van der Waals surface area contributed by atoms with Gasteiger partial charge in [-0.3, -0.25) is 0 Å². The quantitative estimate of drug-likeness (QED) is 0.707. The van der Waals surface area contributed by atoms with Crippen LogP contribution in [0.15, 0.2) is 0 Å². The Morgan fingerprint density at radius 3 is 2.80 bits per heavy atom. The summed E-state index contributed by atoms with van der Waals surface area (Å²) < 4.78 is 0. The average molecular weight is 231 g/mol.